The standard InChI is InChI=1S/C21H23ClN4O/c1-25(2)20-21(26-10-12-27-13-11-26)24-19(15-6-4-3-5-7-15)17-14-16(22)8-9-18(17)23-20/h3-9,14,21H,10-13H2,1-2H3. The van der Waals surface area contributed by atoms with Crippen LogP contribution in [0.5, 0.6) is 0 Å². The molecule has 5 nitrogen and oxygen atoms in total. The molecular formula is C21H23ClN4O. The van der Waals surface area contributed by atoms with Gasteiger partial charge in [0, 0.05) is 43.3 Å². The first-order valence-corrected chi connectivity index (χ1v) is 9.52. The number of benzene rings is 2. The highest BCUT2D eigenvalue weighted by atomic mass is 35.5. The van der Waals surface area contributed by atoms with Gasteiger partial charge in [-0.3, -0.25) is 9.89 Å². The third-order valence-electron chi connectivity index (χ3n) is 4.83. The maximum atomic E-state index is 6.33. The first-order valence-electron chi connectivity index (χ1n) is 9.14. The number of fused-ring (bicyclic) bond motifs is 1. The molecule has 0 amide bonds. The summed E-state index contributed by atoms with van der Waals surface area (Å²) < 4.78 is 5.55. The van der Waals surface area contributed by atoms with Gasteiger partial charge >= 0.3 is 0 Å². The minimum atomic E-state index is -0.162. The smallest absolute Gasteiger partial charge is 0.161 e. The zero-order valence-electron chi connectivity index (χ0n) is 15.6. The summed E-state index contributed by atoms with van der Waals surface area (Å²) in [5, 5.41) is 0.684. The van der Waals surface area contributed by atoms with Crippen LogP contribution >= 0.6 is 11.6 Å². The minimum absolute atomic E-state index is 0.162. The second-order valence-corrected chi connectivity index (χ2v) is 7.33. The van der Waals surface area contributed by atoms with E-state index in [0.717, 1.165) is 41.5 Å². The van der Waals surface area contributed by atoms with Gasteiger partial charge in [0.25, 0.3) is 0 Å². The molecule has 1 fully saturated rings. The van der Waals surface area contributed by atoms with Crippen LogP contribution in [-0.4, -0.2) is 67.9 Å². The molecule has 6 heteroatoms. The molecule has 2 heterocycles. The van der Waals surface area contributed by atoms with Crippen molar-refractivity contribution in [2.24, 2.45) is 9.98 Å². The highest BCUT2D eigenvalue weighted by molar-refractivity contribution is 6.31. The van der Waals surface area contributed by atoms with Crippen LogP contribution in [0.25, 0.3) is 0 Å². The maximum Gasteiger partial charge on any atom is 0.161 e. The highest BCUT2D eigenvalue weighted by Gasteiger charge is 2.30. The zero-order chi connectivity index (χ0) is 18.8. The van der Waals surface area contributed by atoms with Crippen LogP contribution in [0.1, 0.15) is 11.1 Å². The van der Waals surface area contributed by atoms with Gasteiger partial charge in [0.1, 0.15) is 5.84 Å². The van der Waals surface area contributed by atoms with Crippen LogP contribution in [0.4, 0.5) is 5.69 Å². The second-order valence-electron chi connectivity index (χ2n) is 6.89. The van der Waals surface area contributed by atoms with E-state index >= 15 is 0 Å². The molecule has 0 spiro atoms. The van der Waals surface area contributed by atoms with Gasteiger partial charge in [-0.2, -0.15) is 0 Å². The van der Waals surface area contributed by atoms with Crippen LogP contribution in [0.15, 0.2) is 58.5 Å². The highest BCUT2D eigenvalue weighted by Crippen LogP contribution is 2.30. The normalized spacial score (nSPS) is 20.3. The number of aliphatic imine (C=N–C) groups is 2. The van der Waals surface area contributed by atoms with Crippen LogP contribution in [0.3, 0.4) is 0 Å². The van der Waals surface area contributed by atoms with E-state index in [0.29, 0.717) is 18.2 Å². The van der Waals surface area contributed by atoms with E-state index in [1.807, 2.05) is 50.5 Å². The van der Waals surface area contributed by atoms with E-state index in [9.17, 15) is 0 Å². The first-order chi connectivity index (χ1) is 13.1. The van der Waals surface area contributed by atoms with Crippen LogP contribution in [0, 0.1) is 0 Å². The fourth-order valence-electron chi connectivity index (χ4n) is 3.45. The number of hydrogen-bond acceptors (Lipinski definition) is 5. The van der Waals surface area contributed by atoms with Gasteiger partial charge in [0.2, 0.25) is 0 Å². The Kier molecular flexibility index (Phi) is 5.25. The first kappa shape index (κ1) is 18.2. The Morgan fingerprint density at radius 3 is 2.52 bits per heavy atom. The van der Waals surface area contributed by atoms with Crippen molar-refractivity contribution >= 4 is 28.8 Å². The van der Waals surface area contributed by atoms with E-state index in [-0.39, 0.29) is 6.17 Å². The van der Waals surface area contributed by atoms with E-state index in [1.165, 1.54) is 0 Å². The topological polar surface area (TPSA) is 40.4 Å². The molecule has 27 heavy (non-hydrogen) atoms. The third kappa shape index (κ3) is 3.76. The molecule has 140 valence electrons. The minimum Gasteiger partial charge on any atom is -0.379 e. The molecule has 0 bridgehead atoms. The van der Waals surface area contributed by atoms with Crippen molar-refractivity contribution in [3.63, 3.8) is 0 Å². The Balaban J connectivity index is 1.91. The molecule has 2 aliphatic rings. The Morgan fingerprint density at radius 2 is 1.81 bits per heavy atom. The Morgan fingerprint density at radius 1 is 1.07 bits per heavy atom. The average Bonchev–Trinajstić information content (AvgIpc) is 2.86. The summed E-state index contributed by atoms with van der Waals surface area (Å²) in [5.41, 5.74) is 3.84. The number of likely N-dealkylation sites (N-methyl/N-ethyl adjacent to an activating group) is 1. The van der Waals surface area contributed by atoms with Gasteiger partial charge in [-0.25, -0.2) is 4.99 Å². The van der Waals surface area contributed by atoms with E-state index in [1.54, 1.807) is 0 Å². The monoisotopic (exact) mass is 382 g/mol. The number of morpholine rings is 1. The van der Waals surface area contributed by atoms with E-state index in [2.05, 4.69) is 21.9 Å². The largest absolute Gasteiger partial charge is 0.379 e. The van der Waals surface area contributed by atoms with E-state index < -0.39 is 0 Å². The fourth-order valence-corrected chi connectivity index (χ4v) is 3.62. The summed E-state index contributed by atoms with van der Waals surface area (Å²) in [4.78, 5) is 14.6. The van der Waals surface area contributed by atoms with Gasteiger partial charge < -0.3 is 9.64 Å². The lowest BCUT2D eigenvalue weighted by molar-refractivity contribution is 0.0289. The number of nitrogens with zero attached hydrogens (tertiary/aromatic N) is 4. The number of hydrogen-bond donors (Lipinski definition) is 0. The molecule has 1 atom stereocenters. The van der Waals surface area contributed by atoms with Crippen LogP contribution in [0.2, 0.25) is 5.02 Å². The summed E-state index contributed by atoms with van der Waals surface area (Å²) in [6, 6.07) is 16.1. The zero-order valence-corrected chi connectivity index (χ0v) is 16.4. The Hall–Kier alpha value is -2.21. The van der Waals surface area contributed by atoms with E-state index in [4.69, 9.17) is 26.3 Å². The average molecular weight is 383 g/mol. The van der Waals surface area contributed by atoms with Crippen LogP contribution < -0.4 is 0 Å². The molecule has 0 aliphatic carbocycles. The van der Waals surface area contributed by atoms with Crippen molar-refractivity contribution in [2.45, 2.75) is 6.17 Å². The number of amidine groups is 1. The molecular weight excluding hydrogens is 360 g/mol. The van der Waals surface area contributed by atoms with Crippen molar-refractivity contribution in [3.05, 3.63) is 64.7 Å². The number of ether oxygens (including phenoxy) is 1. The third-order valence-corrected chi connectivity index (χ3v) is 5.06. The Bertz CT molecular complexity index is 873. The molecule has 1 unspecified atom stereocenters. The predicted molar refractivity (Wildman–Crippen MR) is 110 cm³/mol. The molecule has 0 N–H and O–H groups in total. The molecule has 2 aromatic carbocycles. The van der Waals surface area contributed by atoms with Crippen molar-refractivity contribution in [2.75, 3.05) is 40.4 Å². The fraction of sp³-hybridized carbons (Fsp3) is 0.333. The Labute approximate surface area is 164 Å². The lowest BCUT2D eigenvalue weighted by Crippen LogP contribution is -2.50. The second kappa shape index (κ2) is 7.80. The summed E-state index contributed by atoms with van der Waals surface area (Å²) in [6.45, 7) is 3.10. The molecule has 1 saturated heterocycles. The maximum absolute atomic E-state index is 6.33. The summed E-state index contributed by atoms with van der Waals surface area (Å²) in [5.74, 6) is 0.923. The molecule has 0 aromatic heterocycles. The molecule has 0 radical (unpaired) electrons. The van der Waals surface area contributed by atoms with Crippen molar-refractivity contribution in [1.29, 1.82) is 0 Å². The molecule has 4 rings (SSSR count). The van der Waals surface area contributed by atoms with Crippen molar-refractivity contribution in [3.8, 4) is 0 Å². The number of halogens is 1. The lowest BCUT2D eigenvalue weighted by Gasteiger charge is -2.34. The summed E-state index contributed by atoms with van der Waals surface area (Å²) >= 11 is 6.33. The SMILES string of the molecule is CN(C)C1=Nc2ccc(Cl)cc2C(c2ccccc2)=NC1N1CCOCC1. The number of rotatable bonds is 2. The molecule has 2 aromatic rings. The summed E-state index contributed by atoms with van der Waals surface area (Å²) in [7, 11) is 4.04. The van der Waals surface area contributed by atoms with Crippen molar-refractivity contribution in [1.82, 2.24) is 9.80 Å². The van der Waals surface area contributed by atoms with Gasteiger partial charge in [0.15, 0.2) is 6.17 Å². The van der Waals surface area contributed by atoms with Gasteiger partial charge in [-0.05, 0) is 18.2 Å². The van der Waals surface area contributed by atoms with Gasteiger partial charge in [-0.15, -0.1) is 0 Å². The lowest BCUT2D eigenvalue weighted by atomic mass is 10.0. The quantitative estimate of drug-likeness (QED) is 0.798. The predicted octanol–water partition coefficient (Wildman–Crippen LogP) is 3.44. The van der Waals surface area contributed by atoms with Gasteiger partial charge in [0.05, 0.1) is 24.6 Å². The molecule has 2 aliphatic heterocycles. The van der Waals surface area contributed by atoms with Crippen molar-refractivity contribution < 1.29 is 4.74 Å². The van der Waals surface area contributed by atoms with Crippen LogP contribution in [-0.2, 0) is 4.74 Å². The van der Waals surface area contributed by atoms with Gasteiger partial charge in [-0.1, -0.05) is 41.9 Å². The molecule has 0 saturated carbocycles. The summed E-state index contributed by atoms with van der Waals surface area (Å²) in [6.07, 6.45) is -0.162.